The van der Waals surface area contributed by atoms with Crippen molar-refractivity contribution in [2.24, 2.45) is 0 Å². The van der Waals surface area contributed by atoms with E-state index in [4.69, 9.17) is 0 Å². The van der Waals surface area contributed by atoms with Gasteiger partial charge in [-0.1, -0.05) is 12.1 Å². The van der Waals surface area contributed by atoms with Gasteiger partial charge in [0.2, 0.25) is 0 Å². The Labute approximate surface area is 149 Å². The Balaban J connectivity index is 1.97. The lowest BCUT2D eigenvalue weighted by Gasteiger charge is -2.40. The van der Waals surface area contributed by atoms with Gasteiger partial charge in [0, 0.05) is 12.1 Å². The second-order valence-corrected chi connectivity index (χ2v) is 7.14. The predicted molar refractivity (Wildman–Crippen MR) is 96.6 cm³/mol. The molecule has 0 amide bonds. The Morgan fingerprint density at radius 2 is 2.20 bits per heavy atom. The molecule has 0 saturated carbocycles. The Morgan fingerprint density at radius 3 is 2.92 bits per heavy atom. The fraction of sp³-hybridized carbons (Fsp3) is 0.200. The number of ketones is 1. The van der Waals surface area contributed by atoms with Crippen LogP contribution < -0.4 is 0 Å². The summed E-state index contributed by atoms with van der Waals surface area (Å²) in [5.41, 5.74) is 3.93. The molecule has 2 aliphatic rings. The second kappa shape index (κ2) is 6.08. The summed E-state index contributed by atoms with van der Waals surface area (Å²) in [7, 11) is 0. The van der Waals surface area contributed by atoms with Gasteiger partial charge >= 0.3 is 0 Å². The van der Waals surface area contributed by atoms with Crippen LogP contribution in [0.2, 0.25) is 0 Å². The van der Waals surface area contributed by atoms with Crippen LogP contribution in [0.5, 0.6) is 0 Å². The molecule has 5 heteroatoms. The first-order valence-corrected chi connectivity index (χ1v) is 8.99. The Morgan fingerprint density at radius 1 is 1.36 bits per heavy atom. The van der Waals surface area contributed by atoms with Crippen LogP contribution in [0, 0.1) is 5.82 Å². The van der Waals surface area contributed by atoms with Crippen molar-refractivity contribution in [3.05, 3.63) is 69.2 Å². The van der Waals surface area contributed by atoms with Crippen LogP contribution >= 0.6 is 11.3 Å². The summed E-state index contributed by atoms with van der Waals surface area (Å²) in [5.74, 6) is -0.416. The van der Waals surface area contributed by atoms with Gasteiger partial charge in [-0.15, -0.1) is 11.3 Å². The van der Waals surface area contributed by atoms with Gasteiger partial charge in [-0.25, -0.2) is 4.39 Å². The monoisotopic (exact) mass is 353 g/mol. The highest BCUT2D eigenvalue weighted by molar-refractivity contribution is 7.11. The van der Waals surface area contributed by atoms with Gasteiger partial charge in [-0.2, -0.15) is 0 Å². The van der Waals surface area contributed by atoms with E-state index in [1.54, 1.807) is 29.5 Å². The molecular weight excluding hydrogens is 337 g/mol. The zero-order valence-electron chi connectivity index (χ0n) is 13.7. The molecule has 3 nitrogen and oxygen atoms in total. The van der Waals surface area contributed by atoms with Gasteiger partial charge in [-0.3, -0.25) is 4.79 Å². The quantitative estimate of drug-likeness (QED) is 0.790. The molecule has 1 aromatic carbocycles. The first-order valence-electron chi connectivity index (χ1n) is 8.11. The van der Waals surface area contributed by atoms with Crippen LogP contribution in [0.3, 0.4) is 0 Å². The molecule has 0 saturated heterocycles. The summed E-state index contributed by atoms with van der Waals surface area (Å²) < 4.78 is 13.7. The number of nitrogens with zero attached hydrogens (tertiary/aromatic N) is 1. The van der Waals surface area contributed by atoms with Crippen LogP contribution in [-0.4, -0.2) is 29.6 Å². The van der Waals surface area contributed by atoms with E-state index in [0.29, 0.717) is 23.3 Å². The standard InChI is InChI=1S/C20H16FNO2S/c1-12(24)16-10-17(14-3-2-4-15(21)9-14)18(11-23)22-7-5-13-6-8-25-20(13)19(16)22/h2-4,6,8-11,18H,5,7H2,1H3. The van der Waals surface area contributed by atoms with Crippen LogP contribution in [0.15, 0.2) is 47.4 Å². The Bertz CT molecular complexity index is 941. The third-order valence-electron chi connectivity index (χ3n) is 4.75. The summed E-state index contributed by atoms with van der Waals surface area (Å²) in [5, 5.41) is 2.01. The van der Waals surface area contributed by atoms with E-state index < -0.39 is 6.04 Å². The lowest BCUT2D eigenvalue weighted by Crippen LogP contribution is -2.42. The maximum absolute atomic E-state index is 13.7. The summed E-state index contributed by atoms with van der Waals surface area (Å²) in [6, 6.07) is 7.72. The van der Waals surface area contributed by atoms with E-state index in [2.05, 4.69) is 6.07 Å². The van der Waals surface area contributed by atoms with Gasteiger partial charge in [0.05, 0.1) is 10.6 Å². The number of hydrogen-bond donors (Lipinski definition) is 0. The molecule has 0 fully saturated rings. The minimum Gasteiger partial charge on any atom is -0.356 e. The third kappa shape index (κ3) is 2.55. The van der Waals surface area contributed by atoms with Crippen molar-refractivity contribution >= 4 is 34.7 Å². The molecule has 0 radical (unpaired) electrons. The summed E-state index contributed by atoms with van der Waals surface area (Å²) >= 11 is 1.59. The average molecular weight is 353 g/mol. The molecular formula is C20H16FNO2S. The van der Waals surface area contributed by atoms with Crippen molar-refractivity contribution in [2.45, 2.75) is 19.4 Å². The number of carbonyl (C=O) groups excluding carboxylic acids is 2. The molecule has 126 valence electrons. The van der Waals surface area contributed by atoms with Crippen molar-refractivity contribution in [2.75, 3.05) is 6.54 Å². The Kier molecular flexibility index (Phi) is 3.88. The molecule has 1 unspecified atom stereocenters. The first kappa shape index (κ1) is 16.0. The summed E-state index contributed by atoms with van der Waals surface area (Å²) in [6.45, 7) is 2.19. The molecule has 1 aromatic heterocycles. The summed E-state index contributed by atoms with van der Waals surface area (Å²) in [4.78, 5) is 27.3. The van der Waals surface area contributed by atoms with Crippen LogP contribution in [0.25, 0.3) is 11.3 Å². The maximum atomic E-state index is 13.7. The largest absolute Gasteiger partial charge is 0.356 e. The topological polar surface area (TPSA) is 37.4 Å². The van der Waals surface area contributed by atoms with E-state index in [-0.39, 0.29) is 11.6 Å². The number of Topliss-reactive ketones (excluding diaryl/α,β-unsaturated/α-hetero) is 1. The number of rotatable bonds is 3. The van der Waals surface area contributed by atoms with Gasteiger partial charge in [0.25, 0.3) is 0 Å². The number of benzene rings is 1. The van der Waals surface area contributed by atoms with E-state index in [9.17, 15) is 14.0 Å². The molecule has 2 aliphatic heterocycles. The Hall–Kier alpha value is -2.53. The number of hydrogen-bond acceptors (Lipinski definition) is 4. The molecule has 0 aliphatic carbocycles. The SMILES string of the molecule is CC(=O)C1=C2c3sccc3CCN2C(C=O)C(c2cccc(F)c2)=C1. The number of aldehydes is 1. The summed E-state index contributed by atoms with van der Waals surface area (Å²) in [6.07, 6.45) is 3.47. The number of allylic oxidation sites excluding steroid dienone is 2. The van der Waals surface area contributed by atoms with Gasteiger partial charge in [0.1, 0.15) is 18.1 Å². The highest BCUT2D eigenvalue weighted by Crippen LogP contribution is 2.42. The average Bonchev–Trinajstić information content (AvgIpc) is 3.08. The molecule has 4 rings (SSSR count). The molecule has 2 aromatic rings. The number of halogens is 1. The zero-order chi connectivity index (χ0) is 17.6. The van der Waals surface area contributed by atoms with Gasteiger partial charge < -0.3 is 9.69 Å². The van der Waals surface area contributed by atoms with E-state index in [1.165, 1.54) is 24.6 Å². The van der Waals surface area contributed by atoms with Crippen molar-refractivity contribution in [1.82, 2.24) is 4.90 Å². The van der Waals surface area contributed by atoms with E-state index >= 15 is 0 Å². The van der Waals surface area contributed by atoms with Crippen LogP contribution in [-0.2, 0) is 16.0 Å². The van der Waals surface area contributed by atoms with Crippen molar-refractivity contribution in [3.63, 3.8) is 0 Å². The molecule has 1 atom stereocenters. The highest BCUT2D eigenvalue weighted by Gasteiger charge is 2.36. The minimum atomic E-state index is -0.518. The van der Waals surface area contributed by atoms with Gasteiger partial charge in [-0.05, 0) is 59.7 Å². The lowest BCUT2D eigenvalue weighted by molar-refractivity contribution is -0.113. The van der Waals surface area contributed by atoms with Crippen LogP contribution in [0.4, 0.5) is 4.39 Å². The van der Waals surface area contributed by atoms with Crippen LogP contribution in [0.1, 0.15) is 22.9 Å². The van der Waals surface area contributed by atoms with E-state index in [0.717, 1.165) is 23.3 Å². The molecule has 0 N–H and O–H groups in total. The molecule has 0 spiro atoms. The smallest absolute Gasteiger partial charge is 0.161 e. The fourth-order valence-corrected chi connectivity index (χ4v) is 4.62. The second-order valence-electron chi connectivity index (χ2n) is 6.23. The predicted octanol–water partition coefficient (Wildman–Crippen LogP) is 3.71. The number of thiophene rings is 1. The number of carbonyl (C=O) groups is 2. The van der Waals surface area contributed by atoms with Crippen molar-refractivity contribution in [3.8, 4) is 0 Å². The lowest BCUT2D eigenvalue weighted by atomic mass is 9.87. The normalized spacial score (nSPS) is 19.2. The minimum absolute atomic E-state index is 0.0560. The van der Waals surface area contributed by atoms with Crippen molar-refractivity contribution < 1.29 is 14.0 Å². The third-order valence-corrected chi connectivity index (χ3v) is 5.71. The highest BCUT2D eigenvalue weighted by atomic mass is 32.1. The fourth-order valence-electron chi connectivity index (χ4n) is 3.59. The zero-order valence-corrected chi connectivity index (χ0v) is 14.5. The molecule has 25 heavy (non-hydrogen) atoms. The molecule has 0 bridgehead atoms. The van der Waals surface area contributed by atoms with Crippen molar-refractivity contribution in [1.29, 1.82) is 0 Å². The van der Waals surface area contributed by atoms with E-state index in [1.807, 2.05) is 10.3 Å². The molecule has 3 heterocycles. The maximum Gasteiger partial charge on any atom is 0.161 e. The number of fused-ring (bicyclic) bond motifs is 3. The first-order chi connectivity index (χ1) is 12.1. The van der Waals surface area contributed by atoms with Gasteiger partial charge in [0.15, 0.2) is 5.78 Å².